The topological polar surface area (TPSA) is 59.7 Å². The van der Waals surface area contributed by atoms with Gasteiger partial charge in [-0.25, -0.2) is 4.52 Å². The molecule has 1 atom stereocenters. The summed E-state index contributed by atoms with van der Waals surface area (Å²) in [5.74, 6) is 0.684. The molecule has 0 saturated carbocycles. The van der Waals surface area contributed by atoms with E-state index in [0.717, 1.165) is 11.1 Å². The molecule has 0 radical (unpaired) electrons. The van der Waals surface area contributed by atoms with E-state index in [-0.39, 0.29) is 6.10 Å². The van der Waals surface area contributed by atoms with Crippen LogP contribution in [0.15, 0.2) is 49.1 Å². The Kier molecular flexibility index (Phi) is 3.58. The third-order valence-electron chi connectivity index (χ3n) is 3.23. The van der Waals surface area contributed by atoms with Crippen molar-refractivity contribution in [2.75, 3.05) is 0 Å². The fourth-order valence-electron chi connectivity index (χ4n) is 2.30. The number of hydrogen-bond acceptors (Lipinski definition) is 4. The number of benzene rings is 1. The van der Waals surface area contributed by atoms with Crippen LogP contribution in [0.3, 0.4) is 0 Å². The molecule has 0 saturated heterocycles. The molecule has 21 heavy (non-hydrogen) atoms. The zero-order chi connectivity index (χ0) is 14.8. The van der Waals surface area contributed by atoms with Gasteiger partial charge in [0.25, 0.3) is 0 Å². The van der Waals surface area contributed by atoms with Gasteiger partial charge in [0, 0.05) is 23.5 Å². The predicted octanol–water partition coefficient (Wildman–Crippen LogP) is 2.60. The highest BCUT2D eigenvalue weighted by Crippen LogP contribution is 2.32. The lowest BCUT2D eigenvalue weighted by Crippen LogP contribution is -2.09. The number of fused-ring (bicyclic) bond motifs is 1. The summed E-state index contributed by atoms with van der Waals surface area (Å²) in [6, 6.07) is 7.51. The van der Waals surface area contributed by atoms with Gasteiger partial charge in [0.05, 0.1) is 24.0 Å². The molecule has 0 bridgehead atoms. The lowest BCUT2D eigenvalue weighted by Gasteiger charge is -2.17. The zero-order valence-electron chi connectivity index (χ0n) is 12.0. The van der Waals surface area contributed by atoms with Gasteiger partial charge in [0.15, 0.2) is 0 Å². The second-order valence-electron chi connectivity index (χ2n) is 5.11. The monoisotopic (exact) mass is 283 g/mol. The lowest BCUT2D eigenvalue weighted by atomic mass is 10.0. The Morgan fingerprint density at radius 2 is 1.95 bits per heavy atom. The lowest BCUT2D eigenvalue weighted by molar-refractivity contribution is 0.199. The van der Waals surface area contributed by atoms with Gasteiger partial charge in [-0.3, -0.25) is 4.98 Å². The van der Waals surface area contributed by atoms with Gasteiger partial charge in [0.2, 0.25) is 0 Å². The molecule has 5 nitrogen and oxygen atoms in total. The fourth-order valence-corrected chi connectivity index (χ4v) is 2.30. The Labute approximate surface area is 122 Å². The molecule has 5 heteroatoms. The number of hydrogen-bond donors (Lipinski definition) is 1. The van der Waals surface area contributed by atoms with Crippen LogP contribution in [0.25, 0.3) is 5.52 Å². The number of para-hydroxylation sites is 1. The van der Waals surface area contributed by atoms with Gasteiger partial charge in [-0.1, -0.05) is 18.2 Å². The molecule has 0 aliphatic carbocycles. The van der Waals surface area contributed by atoms with Crippen LogP contribution >= 0.6 is 0 Å². The average Bonchev–Trinajstić information content (AvgIpc) is 2.90. The standard InChI is InChI=1S/C16H17N3O2/c1-11(2)21-15-6-4-3-5-12(15)16(20)13-9-18-19-8-7-17-10-14(13)19/h3-11,16,20H,1-2H3. The maximum absolute atomic E-state index is 10.7. The number of ether oxygens (including phenoxy) is 1. The van der Waals surface area contributed by atoms with Gasteiger partial charge >= 0.3 is 0 Å². The van der Waals surface area contributed by atoms with Crippen molar-refractivity contribution in [2.45, 2.75) is 26.1 Å². The number of aliphatic hydroxyl groups is 1. The smallest absolute Gasteiger partial charge is 0.125 e. The number of aliphatic hydroxyl groups excluding tert-OH is 1. The van der Waals surface area contributed by atoms with Crippen molar-refractivity contribution < 1.29 is 9.84 Å². The minimum atomic E-state index is -0.804. The van der Waals surface area contributed by atoms with E-state index >= 15 is 0 Å². The quantitative estimate of drug-likeness (QED) is 0.799. The van der Waals surface area contributed by atoms with Crippen LogP contribution < -0.4 is 4.74 Å². The molecule has 108 valence electrons. The van der Waals surface area contributed by atoms with Gasteiger partial charge in [-0.2, -0.15) is 5.10 Å². The zero-order valence-corrected chi connectivity index (χ0v) is 12.0. The van der Waals surface area contributed by atoms with E-state index in [4.69, 9.17) is 4.74 Å². The van der Waals surface area contributed by atoms with Crippen LogP contribution in [0.2, 0.25) is 0 Å². The predicted molar refractivity (Wildman–Crippen MR) is 79.3 cm³/mol. The Balaban J connectivity index is 2.04. The summed E-state index contributed by atoms with van der Waals surface area (Å²) < 4.78 is 7.47. The molecule has 1 N–H and O–H groups in total. The molecule has 3 rings (SSSR count). The Morgan fingerprint density at radius 1 is 1.14 bits per heavy atom. The van der Waals surface area contributed by atoms with Gasteiger partial charge in [-0.05, 0) is 19.9 Å². The first-order valence-electron chi connectivity index (χ1n) is 6.87. The molecule has 3 aromatic rings. The summed E-state index contributed by atoms with van der Waals surface area (Å²) in [6.45, 7) is 3.92. The first kappa shape index (κ1) is 13.6. The van der Waals surface area contributed by atoms with Crippen LogP contribution in [0, 0.1) is 0 Å². The second-order valence-corrected chi connectivity index (χ2v) is 5.11. The van der Waals surface area contributed by atoms with Crippen LogP contribution in [0.1, 0.15) is 31.1 Å². The van der Waals surface area contributed by atoms with E-state index in [2.05, 4.69) is 10.1 Å². The molecule has 1 unspecified atom stereocenters. The number of nitrogens with zero attached hydrogens (tertiary/aromatic N) is 3. The fraction of sp³-hybridized carbons (Fsp3) is 0.250. The minimum Gasteiger partial charge on any atom is -0.491 e. The van der Waals surface area contributed by atoms with E-state index in [1.54, 1.807) is 29.3 Å². The van der Waals surface area contributed by atoms with Crippen LogP contribution in [0.4, 0.5) is 0 Å². The summed E-state index contributed by atoms with van der Waals surface area (Å²) in [7, 11) is 0. The SMILES string of the molecule is CC(C)Oc1ccccc1C(O)c1cnn2ccncc12. The van der Waals surface area contributed by atoms with Gasteiger partial charge in [-0.15, -0.1) is 0 Å². The van der Waals surface area contributed by atoms with Crippen molar-refractivity contribution in [2.24, 2.45) is 0 Å². The molecule has 0 fully saturated rings. The van der Waals surface area contributed by atoms with Crippen molar-refractivity contribution in [1.29, 1.82) is 0 Å². The molecular weight excluding hydrogens is 266 g/mol. The van der Waals surface area contributed by atoms with E-state index in [9.17, 15) is 5.11 Å². The van der Waals surface area contributed by atoms with Gasteiger partial charge < -0.3 is 9.84 Å². The van der Waals surface area contributed by atoms with Crippen molar-refractivity contribution >= 4 is 5.52 Å². The van der Waals surface area contributed by atoms with E-state index in [0.29, 0.717) is 11.3 Å². The Hall–Kier alpha value is -2.40. The average molecular weight is 283 g/mol. The van der Waals surface area contributed by atoms with Gasteiger partial charge in [0.1, 0.15) is 11.9 Å². The normalized spacial score (nSPS) is 12.8. The van der Waals surface area contributed by atoms with Crippen LogP contribution in [-0.2, 0) is 0 Å². The minimum absolute atomic E-state index is 0.0453. The summed E-state index contributed by atoms with van der Waals surface area (Å²) in [5, 5.41) is 14.9. The number of rotatable bonds is 4. The van der Waals surface area contributed by atoms with Crippen molar-refractivity contribution in [3.63, 3.8) is 0 Å². The molecular formula is C16H17N3O2. The van der Waals surface area contributed by atoms with Crippen molar-refractivity contribution in [1.82, 2.24) is 14.6 Å². The molecule has 1 aromatic carbocycles. The Bertz CT molecular complexity index is 752. The van der Waals surface area contributed by atoms with E-state index in [1.165, 1.54) is 0 Å². The Morgan fingerprint density at radius 3 is 2.76 bits per heavy atom. The summed E-state index contributed by atoms with van der Waals surface area (Å²) >= 11 is 0. The van der Waals surface area contributed by atoms with Crippen LogP contribution in [-0.4, -0.2) is 25.8 Å². The summed E-state index contributed by atoms with van der Waals surface area (Å²) in [5.41, 5.74) is 2.22. The molecule has 0 spiro atoms. The second kappa shape index (κ2) is 5.54. The molecule has 2 aromatic heterocycles. The van der Waals surface area contributed by atoms with E-state index in [1.807, 2.05) is 38.1 Å². The highest BCUT2D eigenvalue weighted by Gasteiger charge is 2.19. The first-order chi connectivity index (χ1) is 10.2. The maximum Gasteiger partial charge on any atom is 0.125 e. The maximum atomic E-state index is 10.7. The molecule has 0 aliphatic rings. The number of aromatic nitrogens is 3. The largest absolute Gasteiger partial charge is 0.491 e. The first-order valence-corrected chi connectivity index (χ1v) is 6.87. The third-order valence-corrected chi connectivity index (χ3v) is 3.23. The third kappa shape index (κ3) is 2.60. The van der Waals surface area contributed by atoms with Crippen molar-refractivity contribution in [3.8, 4) is 5.75 Å². The van der Waals surface area contributed by atoms with E-state index < -0.39 is 6.10 Å². The molecule has 0 aliphatic heterocycles. The molecule has 2 heterocycles. The van der Waals surface area contributed by atoms with Crippen LogP contribution in [0.5, 0.6) is 5.75 Å². The highest BCUT2D eigenvalue weighted by atomic mass is 16.5. The summed E-state index contributed by atoms with van der Waals surface area (Å²) in [6.07, 6.45) is 6.00. The van der Waals surface area contributed by atoms with Crippen molar-refractivity contribution in [3.05, 3.63) is 60.2 Å². The highest BCUT2D eigenvalue weighted by molar-refractivity contribution is 5.56. The summed E-state index contributed by atoms with van der Waals surface area (Å²) in [4.78, 5) is 4.09. The molecule has 0 amide bonds.